The van der Waals surface area contributed by atoms with Crippen LogP contribution in [-0.4, -0.2) is 16.1 Å². The maximum absolute atomic E-state index is 13.4. The standard InChI is InChI=1S/C35H31F3N2O/c1-33(2,3)28-18-25(17-23-8-6-7-9-26(23)28)32-27-12-10-21(16-24(27)14-15-39-32)22-11-13-30-29(19-22)40-31(41-30)20-34(4,5)35(36,37)38/h6-19H,20H2,1-5H3. The van der Waals surface area contributed by atoms with Gasteiger partial charge in [0.1, 0.15) is 5.52 Å². The summed E-state index contributed by atoms with van der Waals surface area (Å²) in [4.78, 5) is 9.19. The summed E-state index contributed by atoms with van der Waals surface area (Å²) in [6.45, 7) is 9.01. The Kier molecular flexibility index (Phi) is 6.22. The fourth-order valence-electron chi connectivity index (χ4n) is 5.36. The molecule has 0 saturated carbocycles. The molecule has 6 heteroatoms. The van der Waals surface area contributed by atoms with Gasteiger partial charge in [0.2, 0.25) is 0 Å². The first-order valence-corrected chi connectivity index (χ1v) is 13.7. The van der Waals surface area contributed by atoms with Crippen molar-refractivity contribution in [2.45, 2.75) is 52.6 Å². The smallest absolute Gasteiger partial charge is 0.394 e. The van der Waals surface area contributed by atoms with Gasteiger partial charge in [0.15, 0.2) is 11.5 Å². The highest BCUT2D eigenvalue weighted by molar-refractivity contribution is 6.00. The molecule has 0 bridgehead atoms. The van der Waals surface area contributed by atoms with Gasteiger partial charge in [-0.05, 0) is 74.7 Å². The molecular formula is C35H31F3N2O. The van der Waals surface area contributed by atoms with E-state index in [2.05, 4.69) is 74.3 Å². The van der Waals surface area contributed by atoms with Crippen LogP contribution in [0, 0.1) is 5.41 Å². The van der Waals surface area contributed by atoms with E-state index in [1.807, 2.05) is 30.5 Å². The van der Waals surface area contributed by atoms with Gasteiger partial charge < -0.3 is 4.42 Å². The predicted molar refractivity (Wildman–Crippen MR) is 160 cm³/mol. The summed E-state index contributed by atoms with van der Waals surface area (Å²) in [6.07, 6.45) is -2.83. The Morgan fingerprint density at radius 3 is 2.15 bits per heavy atom. The van der Waals surface area contributed by atoms with Gasteiger partial charge in [0.25, 0.3) is 0 Å². The fourth-order valence-corrected chi connectivity index (χ4v) is 5.36. The predicted octanol–water partition coefficient (Wildman–Crippen LogP) is 10.3. The molecule has 0 saturated heterocycles. The Labute approximate surface area is 237 Å². The van der Waals surface area contributed by atoms with Crippen molar-refractivity contribution < 1.29 is 17.6 Å². The van der Waals surface area contributed by atoms with Crippen LogP contribution in [0.25, 0.3) is 55.0 Å². The normalized spacial score (nSPS) is 13.0. The van der Waals surface area contributed by atoms with Crippen LogP contribution in [-0.2, 0) is 11.8 Å². The summed E-state index contributed by atoms with van der Waals surface area (Å²) in [7, 11) is 0. The Bertz CT molecular complexity index is 1930. The molecule has 0 N–H and O–H groups in total. The van der Waals surface area contributed by atoms with Gasteiger partial charge in [-0.25, -0.2) is 4.98 Å². The number of benzene rings is 4. The minimum atomic E-state index is -4.35. The van der Waals surface area contributed by atoms with Crippen molar-refractivity contribution in [3.05, 3.63) is 96.5 Å². The van der Waals surface area contributed by atoms with Gasteiger partial charge in [-0.3, -0.25) is 4.98 Å². The molecule has 0 atom stereocenters. The zero-order valence-corrected chi connectivity index (χ0v) is 23.7. The maximum Gasteiger partial charge on any atom is 0.394 e. The molecule has 41 heavy (non-hydrogen) atoms. The highest BCUT2D eigenvalue weighted by atomic mass is 19.4. The zero-order valence-electron chi connectivity index (χ0n) is 23.7. The third-order valence-electron chi connectivity index (χ3n) is 7.83. The summed E-state index contributed by atoms with van der Waals surface area (Å²) in [5.74, 6) is 0.0821. The molecular weight excluding hydrogens is 521 g/mol. The molecule has 0 amide bonds. The highest BCUT2D eigenvalue weighted by Crippen LogP contribution is 2.41. The number of alkyl halides is 3. The second-order valence-electron chi connectivity index (χ2n) is 12.4. The number of hydrogen-bond acceptors (Lipinski definition) is 3. The summed E-state index contributed by atoms with van der Waals surface area (Å²) >= 11 is 0. The number of rotatable bonds is 4. The van der Waals surface area contributed by atoms with Crippen molar-refractivity contribution in [1.82, 2.24) is 9.97 Å². The SMILES string of the molecule is CC(C)(C)c1cc(-c2nccc3cc(-c4ccc5oc(CC(C)(C)C(F)(F)F)nc5c4)ccc23)cc2ccccc12. The molecule has 0 aliphatic rings. The van der Waals surface area contributed by atoms with E-state index < -0.39 is 11.6 Å². The third kappa shape index (κ3) is 4.96. The summed E-state index contributed by atoms with van der Waals surface area (Å²) in [6, 6.07) is 26.7. The fraction of sp³-hybridized carbons (Fsp3) is 0.257. The van der Waals surface area contributed by atoms with Crippen molar-refractivity contribution >= 4 is 32.6 Å². The second kappa shape index (κ2) is 9.44. The van der Waals surface area contributed by atoms with E-state index in [9.17, 15) is 13.2 Å². The van der Waals surface area contributed by atoms with E-state index in [4.69, 9.17) is 9.40 Å². The van der Waals surface area contributed by atoms with E-state index in [1.54, 1.807) is 6.07 Å². The van der Waals surface area contributed by atoms with Crippen molar-refractivity contribution in [3.8, 4) is 22.4 Å². The van der Waals surface area contributed by atoms with Crippen molar-refractivity contribution in [3.63, 3.8) is 0 Å². The summed E-state index contributed by atoms with van der Waals surface area (Å²) in [5.41, 5.74) is 4.21. The lowest BCUT2D eigenvalue weighted by Gasteiger charge is -2.25. The van der Waals surface area contributed by atoms with Crippen LogP contribution < -0.4 is 0 Å². The number of aromatic nitrogens is 2. The van der Waals surface area contributed by atoms with Gasteiger partial charge >= 0.3 is 6.18 Å². The van der Waals surface area contributed by atoms with E-state index >= 15 is 0 Å². The molecule has 0 fully saturated rings. The van der Waals surface area contributed by atoms with Crippen LogP contribution in [0.2, 0.25) is 0 Å². The lowest BCUT2D eigenvalue weighted by atomic mass is 9.82. The zero-order chi connectivity index (χ0) is 29.2. The monoisotopic (exact) mass is 552 g/mol. The molecule has 0 unspecified atom stereocenters. The summed E-state index contributed by atoms with van der Waals surface area (Å²) in [5, 5.41) is 4.53. The van der Waals surface area contributed by atoms with E-state index in [0.717, 1.165) is 47.0 Å². The van der Waals surface area contributed by atoms with Gasteiger partial charge in [-0.1, -0.05) is 77.1 Å². The van der Waals surface area contributed by atoms with E-state index in [1.165, 1.54) is 16.3 Å². The molecule has 208 valence electrons. The molecule has 2 heterocycles. The number of hydrogen-bond donors (Lipinski definition) is 0. The molecule has 0 spiro atoms. The average molecular weight is 553 g/mol. The lowest BCUT2D eigenvalue weighted by molar-refractivity contribution is -0.212. The quantitative estimate of drug-likeness (QED) is 0.218. The van der Waals surface area contributed by atoms with Crippen LogP contribution in [0.1, 0.15) is 46.1 Å². The Morgan fingerprint density at radius 2 is 1.39 bits per heavy atom. The molecule has 0 aliphatic heterocycles. The minimum absolute atomic E-state index is 0.0322. The highest BCUT2D eigenvalue weighted by Gasteiger charge is 2.48. The first kappa shape index (κ1) is 27.0. The molecule has 6 rings (SSSR count). The Balaban J connectivity index is 1.39. The molecule has 0 aliphatic carbocycles. The largest absolute Gasteiger partial charge is 0.441 e. The Hall–Kier alpha value is -4.19. The second-order valence-corrected chi connectivity index (χ2v) is 12.4. The van der Waals surface area contributed by atoms with Gasteiger partial charge in [-0.2, -0.15) is 13.2 Å². The van der Waals surface area contributed by atoms with Crippen molar-refractivity contribution in [2.24, 2.45) is 5.41 Å². The van der Waals surface area contributed by atoms with Crippen molar-refractivity contribution in [2.75, 3.05) is 0 Å². The van der Waals surface area contributed by atoms with E-state index in [0.29, 0.717) is 11.1 Å². The number of nitrogens with zero attached hydrogens (tertiary/aromatic N) is 2. The van der Waals surface area contributed by atoms with E-state index in [-0.39, 0.29) is 17.7 Å². The van der Waals surface area contributed by atoms with Crippen LogP contribution in [0.15, 0.2) is 89.5 Å². The average Bonchev–Trinajstić information content (AvgIpc) is 3.31. The van der Waals surface area contributed by atoms with Gasteiger partial charge in [-0.15, -0.1) is 0 Å². The first-order valence-electron chi connectivity index (χ1n) is 13.7. The Morgan fingerprint density at radius 1 is 0.707 bits per heavy atom. The van der Waals surface area contributed by atoms with Crippen LogP contribution in [0.5, 0.6) is 0 Å². The molecule has 0 radical (unpaired) electrons. The van der Waals surface area contributed by atoms with Crippen LogP contribution in [0.3, 0.4) is 0 Å². The molecule has 4 aromatic carbocycles. The number of oxazole rings is 1. The van der Waals surface area contributed by atoms with Gasteiger partial charge in [0, 0.05) is 23.6 Å². The number of fused-ring (bicyclic) bond motifs is 3. The van der Waals surface area contributed by atoms with Crippen LogP contribution >= 0.6 is 0 Å². The number of halogens is 3. The third-order valence-corrected chi connectivity index (χ3v) is 7.83. The number of pyridine rings is 1. The van der Waals surface area contributed by atoms with Crippen LogP contribution in [0.4, 0.5) is 13.2 Å². The minimum Gasteiger partial charge on any atom is -0.441 e. The van der Waals surface area contributed by atoms with Gasteiger partial charge in [0.05, 0.1) is 11.1 Å². The summed E-state index contributed by atoms with van der Waals surface area (Å²) < 4.78 is 45.8. The molecule has 3 nitrogen and oxygen atoms in total. The molecule has 2 aromatic heterocycles. The van der Waals surface area contributed by atoms with Crippen molar-refractivity contribution in [1.29, 1.82) is 0 Å². The first-order chi connectivity index (χ1) is 19.3. The lowest BCUT2D eigenvalue weighted by Crippen LogP contribution is -2.34. The maximum atomic E-state index is 13.4. The molecule has 6 aromatic rings. The topological polar surface area (TPSA) is 38.9 Å².